The van der Waals surface area contributed by atoms with Crippen LogP contribution in [0.4, 0.5) is 0 Å². The Labute approximate surface area is 118 Å². The van der Waals surface area contributed by atoms with Crippen LogP contribution in [-0.4, -0.2) is 42.3 Å². The molecule has 0 aromatic rings. The van der Waals surface area contributed by atoms with Crippen LogP contribution >= 0.6 is 0 Å². The number of nitrogens with zero attached hydrogens (tertiary/aromatic N) is 1. The summed E-state index contributed by atoms with van der Waals surface area (Å²) in [6.07, 6.45) is 6.79. The van der Waals surface area contributed by atoms with Crippen molar-refractivity contribution in [3.63, 3.8) is 0 Å². The summed E-state index contributed by atoms with van der Waals surface area (Å²) in [4.78, 5) is 2.68. The van der Waals surface area contributed by atoms with Crippen molar-refractivity contribution in [2.45, 2.75) is 77.5 Å². The maximum atomic E-state index is 6.20. The Morgan fingerprint density at radius 3 is 2.11 bits per heavy atom. The van der Waals surface area contributed by atoms with Crippen LogP contribution < -0.4 is 5.73 Å². The maximum Gasteiger partial charge on any atom is 0.0568 e. The van der Waals surface area contributed by atoms with Crippen LogP contribution in [0.1, 0.15) is 59.8 Å². The number of hydrogen-bond donors (Lipinski definition) is 1. The van der Waals surface area contributed by atoms with E-state index in [2.05, 4.69) is 32.6 Å². The van der Waals surface area contributed by atoms with Crippen molar-refractivity contribution in [3.8, 4) is 0 Å². The molecule has 3 nitrogen and oxygen atoms in total. The Balaban J connectivity index is 2.06. The van der Waals surface area contributed by atoms with Crippen LogP contribution in [0.25, 0.3) is 0 Å². The lowest BCUT2D eigenvalue weighted by atomic mass is 9.75. The number of rotatable bonds is 3. The highest BCUT2D eigenvalue weighted by molar-refractivity contribution is 5.00. The van der Waals surface area contributed by atoms with Gasteiger partial charge in [0.05, 0.1) is 12.2 Å². The van der Waals surface area contributed by atoms with E-state index >= 15 is 0 Å². The molecule has 2 unspecified atom stereocenters. The van der Waals surface area contributed by atoms with Crippen LogP contribution in [0.3, 0.4) is 0 Å². The molecule has 2 heterocycles. The molecule has 0 bridgehead atoms. The minimum atomic E-state index is 0.187. The van der Waals surface area contributed by atoms with Gasteiger partial charge in [-0.25, -0.2) is 0 Å². The third-order valence-electron chi connectivity index (χ3n) is 5.67. The van der Waals surface area contributed by atoms with E-state index in [9.17, 15) is 0 Å². The molecule has 3 heteroatoms. The molecule has 2 N–H and O–H groups in total. The fourth-order valence-corrected chi connectivity index (χ4v) is 4.07. The smallest absolute Gasteiger partial charge is 0.0568 e. The first kappa shape index (κ1) is 15.3. The van der Waals surface area contributed by atoms with Gasteiger partial charge in [0.2, 0.25) is 0 Å². The average Bonchev–Trinajstić information content (AvgIpc) is 2.38. The topological polar surface area (TPSA) is 38.5 Å². The molecule has 0 aromatic carbocycles. The Bertz CT molecular complexity index is 287. The van der Waals surface area contributed by atoms with E-state index in [0.717, 1.165) is 19.4 Å². The quantitative estimate of drug-likeness (QED) is 0.855. The highest BCUT2D eigenvalue weighted by Crippen LogP contribution is 2.40. The largest absolute Gasteiger partial charge is 0.375 e. The van der Waals surface area contributed by atoms with E-state index in [1.54, 1.807) is 0 Å². The molecule has 0 aromatic heterocycles. The molecule has 2 fully saturated rings. The minimum Gasteiger partial charge on any atom is -0.375 e. The molecule has 2 atom stereocenters. The van der Waals surface area contributed by atoms with Gasteiger partial charge in [0.1, 0.15) is 0 Å². The normalized spacial score (nSPS) is 40.3. The highest BCUT2D eigenvalue weighted by Gasteiger charge is 2.44. The predicted molar refractivity (Wildman–Crippen MR) is 80.2 cm³/mol. The van der Waals surface area contributed by atoms with Crippen molar-refractivity contribution in [1.82, 2.24) is 4.90 Å². The fourth-order valence-electron chi connectivity index (χ4n) is 4.07. The van der Waals surface area contributed by atoms with E-state index < -0.39 is 0 Å². The third kappa shape index (κ3) is 3.14. The summed E-state index contributed by atoms with van der Waals surface area (Å²) in [5.74, 6) is 0. The molecular weight excluding hydrogens is 236 g/mol. The van der Waals surface area contributed by atoms with Gasteiger partial charge in [0.25, 0.3) is 0 Å². The van der Waals surface area contributed by atoms with Crippen molar-refractivity contribution in [2.75, 3.05) is 19.6 Å². The lowest BCUT2D eigenvalue weighted by molar-refractivity contribution is -0.113. The second kappa shape index (κ2) is 5.71. The monoisotopic (exact) mass is 268 g/mol. The number of likely N-dealkylation sites (tertiary alicyclic amines) is 1. The summed E-state index contributed by atoms with van der Waals surface area (Å²) in [6, 6.07) is 0. The molecule has 0 saturated carbocycles. The van der Waals surface area contributed by atoms with Gasteiger partial charge in [0, 0.05) is 12.1 Å². The lowest BCUT2D eigenvalue weighted by Gasteiger charge is -2.53. The van der Waals surface area contributed by atoms with Crippen molar-refractivity contribution in [3.05, 3.63) is 0 Å². The molecule has 0 radical (unpaired) electrons. The highest BCUT2D eigenvalue weighted by atomic mass is 16.5. The number of nitrogens with two attached hydrogens (primary N) is 1. The molecule has 2 saturated heterocycles. The summed E-state index contributed by atoms with van der Waals surface area (Å²) in [7, 11) is 0. The Kier molecular flexibility index (Phi) is 4.59. The van der Waals surface area contributed by atoms with Gasteiger partial charge >= 0.3 is 0 Å². The SMILES string of the molecule is CCC1(C)CCN(C2(CN)CC(C)OC(C)C2)CC1. The molecule has 112 valence electrons. The second-order valence-corrected chi connectivity index (χ2v) is 7.25. The predicted octanol–water partition coefficient (Wildman–Crippen LogP) is 2.78. The summed E-state index contributed by atoms with van der Waals surface area (Å²) in [5.41, 5.74) is 6.93. The fraction of sp³-hybridized carbons (Fsp3) is 1.00. The van der Waals surface area contributed by atoms with E-state index in [4.69, 9.17) is 10.5 Å². The summed E-state index contributed by atoms with van der Waals surface area (Å²) < 4.78 is 5.91. The first-order chi connectivity index (χ1) is 8.93. The summed E-state index contributed by atoms with van der Waals surface area (Å²) in [5, 5.41) is 0. The van der Waals surface area contributed by atoms with Crippen LogP contribution in [0, 0.1) is 5.41 Å². The zero-order valence-electron chi connectivity index (χ0n) is 13.2. The van der Waals surface area contributed by atoms with E-state index in [1.165, 1.54) is 32.4 Å². The Morgan fingerprint density at radius 1 is 1.16 bits per heavy atom. The summed E-state index contributed by atoms with van der Waals surface area (Å²) >= 11 is 0. The average molecular weight is 268 g/mol. The van der Waals surface area contributed by atoms with Gasteiger partial charge in [-0.05, 0) is 58.0 Å². The lowest BCUT2D eigenvalue weighted by Crippen LogP contribution is -2.61. The number of piperidine rings is 1. The van der Waals surface area contributed by atoms with E-state index in [-0.39, 0.29) is 5.54 Å². The molecule has 2 aliphatic rings. The van der Waals surface area contributed by atoms with Crippen LogP contribution in [0.2, 0.25) is 0 Å². The van der Waals surface area contributed by atoms with E-state index in [1.807, 2.05) is 0 Å². The van der Waals surface area contributed by atoms with Gasteiger partial charge in [0.15, 0.2) is 0 Å². The van der Waals surface area contributed by atoms with Crippen LogP contribution in [0.15, 0.2) is 0 Å². The number of hydrogen-bond acceptors (Lipinski definition) is 3. The molecular formula is C16H32N2O. The van der Waals surface area contributed by atoms with Gasteiger partial charge in [-0.2, -0.15) is 0 Å². The molecule has 0 amide bonds. The van der Waals surface area contributed by atoms with Crippen molar-refractivity contribution in [1.29, 1.82) is 0 Å². The van der Waals surface area contributed by atoms with Gasteiger partial charge < -0.3 is 10.5 Å². The minimum absolute atomic E-state index is 0.187. The van der Waals surface area contributed by atoms with Crippen LogP contribution in [0.5, 0.6) is 0 Å². The van der Waals surface area contributed by atoms with Crippen molar-refractivity contribution >= 4 is 0 Å². The Morgan fingerprint density at radius 2 is 1.68 bits per heavy atom. The van der Waals surface area contributed by atoms with Gasteiger partial charge in [-0.3, -0.25) is 4.90 Å². The van der Waals surface area contributed by atoms with E-state index in [0.29, 0.717) is 17.6 Å². The molecule has 0 spiro atoms. The molecule has 2 rings (SSSR count). The zero-order chi connectivity index (χ0) is 14.1. The third-order valence-corrected chi connectivity index (χ3v) is 5.67. The first-order valence-electron chi connectivity index (χ1n) is 8.04. The molecule has 2 aliphatic heterocycles. The molecule has 19 heavy (non-hydrogen) atoms. The summed E-state index contributed by atoms with van der Waals surface area (Å²) in [6.45, 7) is 12.3. The van der Waals surface area contributed by atoms with Crippen molar-refractivity contribution < 1.29 is 4.74 Å². The van der Waals surface area contributed by atoms with Gasteiger partial charge in [-0.1, -0.05) is 20.3 Å². The van der Waals surface area contributed by atoms with Crippen LogP contribution in [-0.2, 0) is 4.74 Å². The zero-order valence-corrected chi connectivity index (χ0v) is 13.2. The Hall–Kier alpha value is -0.120. The first-order valence-corrected chi connectivity index (χ1v) is 8.04. The number of ether oxygens (including phenoxy) is 1. The maximum absolute atomic E-state index is 6.20. The van der Waals surface area contributed by atoms with Gasteiger partial charge in [-0.15, -0.1) is 0 Å². The van der Waals surface area contributed by atoms with Crippen molar-refractivity contribution in [2.24, 2.45) is 11.1 Å². The second-order valence-electron chi connectivity index (χ2n) is 7.25. The standard InChI is InChI=1S/C16H32N2O/c1-5-15(4)6-8-18(9-7-15)16(12-17)10-13(2)19-14(3)11-16/h13-14H,5-12,17H2,1-4H3. The molecule has 0 aliphatic carbocycles.